The minimum absolute atomic E-state index is 0.169. The molecule has 0 radical (unpaired) electrons. The molecule has 0 aliphatic heterocycles. The molecule has 1 amide bonds. The molecule has 8 nitrogen and oxygen atoms in total. The van der Waals surface area contributed by atoms with Crippen LogP contribution in [0.1, 0.15) is 67.2 Å². The lowest BCUT2D eigenvalue weighted by Gasteiger charge is -2.27. The zero-order valence-electron chi connectivity index (χ0n) is 18.0. The van der Waals surface area contributed by atoms with E-state index in [-0.39, 0.29) is 5.97 Å². The summed E-state index contributed by atoms with van der Waals surface area (Å²) in [7, 11) is 1.40. The Hall–Kier alpha value is -1.99. The second-order valence-electron chi connectivity index (χ2n) is 8.02. The van der Waals surface area contributed by atoms with Crippen molar-refractivity contribution in [3.63, 3.8) is 0 Å². The Labute approximate surface area is 163 Å². The molecule has 0 atom stereocenters. The highest BCUT2D eigenvalue weighted by molar-refractivity contribution is 5.79. The van der Waals surface area contributed by atoms with Crippen LogP contribution in [0.15, 0.2) is 4.99 Å². The number of hydrogen-bond donors (Lipinski definition) is 3. The molecular weight excluding hydrogens is 348 g/mol. The first-order valence-corrected chi connectivity index (χ1v) is 9.59. The van der Waals surface area contributed by atoms with Crippen LogP contribution in [0.2, 0.25) is 0 Å². The number of nitrogens with zero attached hydrogens (tertiary/aromatic N) is 1. The largest absolute Gasteiger partial charge is 0.469 e. The number of aliphatic imine (C=N–C) groups is 1. The van der Waals surface area contributed by atoms with E-state index in [1.807, 2.05) is 41.5 Å². The van der Waals surface area contributed by atoms with Gasteiger partial charge in [-0.05, 0) is 54.4 Å². The Balaban J connectivity index is 4.36. The summed E-state index contributed by atoms with van der Waals surface area (Å²) in [6.45, 7) is 13.2. The Kier molecular flexibility index (Phi) is 11.5. The fraction of sp³-hybridized carbons (Fsp3) is 0.842. The van der Waals surface area contributed by atoms with E-state index in [1.165, 1.54) is 7.11 Å². The van der Waals surface area contributed by atoms with Gasteiger partial charge in [0.25, 0.3) is 0 Å². The van der Waals surface area contributed by atoms with Crippen LogP contribution in [0.3, 0.4) is 0 Å². The first-order chi connectivity index (χ1) is 12.5. The van der Waals surface area contributed by atoms with Crippen molar-refractivity contribution in [3.05, 3.63) is 0 Å². The number of nitrogens with one attached hydrogen (secondary N) is 3. The van der Waals surface area contributed by atoms with Crippen LogP contribution in [0.5, 0.6) is 0 Å². The van der Waals surface area contributed by atoms with Crippen molar-refractivity contribution in [3.8, 4) is 0 Å². The summed E-state index contributed by atoms with van der Waals surface area (Å²) in [5.74, 6) is 0.530. The molecule has 0 fully saturated rings. The second kappa shape index (κ2) is 12.4. The quantitative estimate of drug-likeness (QED) is 0.231. The number of amides is 1. The van der Waals surface area contributed by atoms with E-state index in [1.54, 1.807) is 0 Å². The molecule has 0 aromatic heterocycles. The van der Waals surface area contributed by atoms with Gasteiger partial charge in [0.1, 0.15) is 5.60 Å². The number of ether oxygens (including phenoxy) is 2. The molecule has 0 spiro atoms. The lowest BCUT2D eigenvalue weighted by Crippen LogP contribution is -2.49. The summed E-state index contributed by atoms with van der Waals surface area (Å²) in [6, 6.07) is 0. The lowest BCUT2D eigenvalue weighted by atomic mass is 10.1. The Morgan fingerprint density at radius 1 is 1.00 bits per heavy atom. The molecule has 158 valence electrons. The summed E-state index contributed by atoms with van der Waals surface area (Å²) in [4.78, 5) is 27.5. The predicted octanol–water partition coefficient (Wildman–Crippen LogP) is 2.58. The van der Waals surface area contributed by atoms with E-state index < -0.39 is 17.2 Å². The van der Waals surface area contributed by atoms with Crippen LogP contribution in [-0.2, 0) is 14.3 Å². The third-order valence-electron chi connectivity index (χ3n) is 3.39. The highest BCUT2D eigenvalue weighted by Gasteiger charge is 2.24. The molecule has 0 bridgehead atoms. The number of esters is 1. The summed E-state index contributed by atoms with van der Waals surface area (Å²) < 4.78 is 9.91. The predicted molar refractivity (Wildman–Crippen MR) is 108 cm³/mol. The van der Waals surface area contributed by atoms with Crippen molar-refractivity contribution in [2.45, 2.75) is 78.4 Å². The van der Waals surface area contributed by atoms with E-state index in [2.05, 4.69) is 25.7 Å². The second-order valence-corrected chi connectivity index (χ2v) is 8.02. The van der Waals surface area contributed by atoms with Crippen molar-refractivity contribution in [2.75, 3.05) is 26.7 Å². The molecule has 0 aliphatic rings. The molecule has 0 rings (SSSR count). The van der Waals surface area contributed by atoms with Crippen LogP contribution in [0, 0.1) is 0 Å². The van der Waals surface area contributed by atoms with Crippen molar-refractivity contribution in [1.29, 1.82) is 0 Å². The molecule has 8 heteroatoms. The van der Waals surface area contributed by atoms with Gasteiger partial charge in [-0.15, -0.1) is 0 Å². The van der Waals surface area contributed by atoms with Crippen LogP contribution in [-0.4, -0.2) is 55.9 Å². The van der Waals surface area contributed by atoms with Gasteiger partial charge in [-0.25, -0.2) is 4.79 Å². The van der Waals surface area contributed by atoms with Crippen LogP contribution < -0.4 is 16.0 Å². The number of alkyl carbamates (subject to hydrolysis) is 1. The van der Waals surface area contributed by atoms with Gasteiger partial charge in [-0.2, -0.15) is 0 Å². The summed E-state index contributed by atoms with van der Waals surface area (Å²) in [6.07, 6.45) is 2.68. The van der Waals surface area contributed by atoms with Crippen LogP contribution >= 0.6 is 0 Å². The van der Waals surface area contributed by atoms with E-state index in [9.17, 15) is 9.59 Å². The smallest absolute Gasteiger partial charge is 0.408 e. The van der Waals surface area contributed by atoms with E-state index >= 15 is 0 Å². The fourth-order valence-electron chi connectivity index (χ4n) is 2.12. The van der Waals surface area contributed by atoms with E-state index in [0.717, 1.165) is 32.4 Å². The number of methoxy groups -OCH3 is 1. The summed E-state index contributed by atoms with van der Waals surface area (Å²) >= 11 is 0. The number of carbonyl (C=O) groups is 2. The molecule has 0 aromatic rings. The average molecular weight is 387 g/mol. The highest BCUT2D eigenvalue weighted by atomic mass is 16.6. The highest BCUT2D eigenvalue weighted by Crippen LogP contribution is 2.09. The maximum Gasteiger partial charge on any atom is 0.408 e. The van der Waals surface area contributed by atoms with Gasteiger partial charge in [-0.3, -0.25) is 9.79 Å². The van der Waals surface area contributed by atoms with Gasteiger partial charge in [0.2, 0.25) is 0 Å². The first kappa shape index (κ1) is 25.0. The molecule has 0 heterocycles. The normalized spacial score (nSPS) is 12.3. The third kappa shape index (κ3) is 14.8. The number of guanidine groups is 1. The molecular formula is C19H38N4O4. The minimum Gasteiger partial charge on any atom is -0.469 e. The molecule has 0 saturated heterocycles. The first-order valence-electron chi connectivity index (χ1n) is 9.59. The number of hydrogen-bond acceptors (Lipinski definition) is 5. The number of unbranched alkanes of at least 4 members (excludes halogenated alkanes) is 2. The number of rotatable bonds is 10. The average Bonchev–Trinajstić information content (AvgIpc) is 2.52. The Morgan fingerprint density at radius 3 is 2.22 bits per heavy atom. The number of carbonyl (C=O) groups excluding carboxylic acids is 2. The van der Waals surface area contributed by atoms with Crippen molar-refractivity contribution in [1.82, 2.24) is 16.0 Å². The van der Waals surface area contributed by atoms with Crippen LogP contribution in [0.4, 0.5) is 4.79 Å². The van der Waals surface area contributed by atoms with E-state index in [0.29, 0.717) is 18.9 Å². The maximum atomic E-state index is 11.9. The zero-order chi connectivity index (χ0) is 20.9. The molecule has 27 heavy (non-hydrogen) atoms. The minimum atomic E-state index is -0.537. The topological polar surface area (TPSA) is 101 Å². The lowest BCUT2D eigenvalue weighted by molar-refractivity contribution is -0.140. The molecule has 0 aromatic carbocycles. The third-order valence-corrected chi connectivity index (χ3v) is 3.39. The van der Waals surface area contributed by atoms with Crippen molar-refractivity contribution >= 4 is 18.0 Å². The monoisotopic (exact) mass is 386 g/mol. The van der Waals surface area contributed by atoms with Gasteiger partial charge in [0.05, 0.1) is 19.2 Å². The molecule has 0 unspecified atom stereocenters. The molecule has 0 saturated carbocycles. The zero-order valence-corrected chi connectivity index (χ0v) is 18.0. The SMILES string of the molecule is CCNC(=NCC(C)(C)NC(=O)OC(C)(C)C)NCCCCCC(=O)OC. The maximum absolute atomic E-state index is 11.9. The van der Waals surface area contributed by atoms with Gasteiger partial charge in [0.15, 0.2) is 5.96 Å². The van der Waals surface area contributed by atoms with Gasteiger partial charge in [-0.1, -0.05) is 6.42 Å². The van der Waals surface area contributed by atoms with E-state index in [4.69, 9.17) is 4.74 Å². The molecule has 0 aliphatic carbocycles. The standard InChI is InChI=1S/C19H38N4O4/c1-8-20-16(21-13-11-9-10-12-15(24)26-7)22-14-19(5,6)23-17(25)27-18(2,3)4/h8-14H2,1-7H3,(H,23,25)(H2,20,21,22). The van der Waals surface area contributed by atoms with Gasteiger partial charge in [0, 0.05) is 19.5 Å². The van der Waals surface area contributed by atoms with Crippen molar-refractivity contribution < 1.29 is 19.1 Å². The van der Waals surface area contributed by atoms with Crippen LogP contribution in [0.25, 0.3) is 0 Å². The molecule has 3 N–H and O–H groups in total. The van der Waals surface area contributed by atoms with Gasteiger partial charge >= 0.3 is 12.1 Å². The summed E-state index contributed by atoms with van der Waals surface area (Å²) in [5, 5.41) is 9.29. The Bertz CT molecular complexity index is 485. The van der Waals surface area contributed by atoms with Gasteiger partial charge < -0.3 is 25.4 Å². The van der Waals surface area contributed by atoms with Crippen molar-refractivity contribution in [2.24, 2.45) is 4.99 Å². The Morgan fingerprint density at radius 2 is 1.67 bits per heavy atom. The summed E-state index contributed by atoms with van der Waals surface area (Å²) in [5.41, 5.74) is -1.07. The fourth-order valence-corrected chi connectivity index (χ4v) is 2.12.